The van der Waals surface area contributed by atoms with E-state index in [9.17, 15) is 9.59 Å². The van der Waals surface area contributed by atoms with Crippen molar-refractivity contribution in [3.63, 3.8) is 0 Å². The number of rotatable bonds is 7. The third-order valence-corrected chi connectivity index (χ3v) is 6.99. The first-order valence-electron chi connectivity index (χ1n) is 12.3. The molecule has 2 amide bonds. The molecule has 7 nitrogen and oxygen atoms in total. The van der Waals surface area contributed by atoms with E-state index < -0.39 is 6.04 Å². The van der Waals surface area contributed by atoms with E-state index in [-0.39, 0.29) is 18.2 Å². The number of carbonyl (C=O) groups excluding carboxylic acids is 2. The van der Waals surface area contributed by atoms with Crippen LogP contribution in [0.25, 0.3) is 21.9 Å². The highest BCUT2D eigenvalue weighted by atomic mass is 16.2. The predicted octanol–water partition coefficient (Wildman–Crippen LogP) is 5.24. The minimum Gasteiger partial charge on any atom is -0.361 e. The molecule has 0 radical (unpaired) electrons. The van der Waals surface area contributed by atoms with E-state index >= 15 is 0 Å². The molecule has 3 aromatic carbocycles. The number of nitrogens with zero attached hydrogens (tertiary/aromatic N) is 3. The van der Waals surface area contributed by atoms with Crippen molar-refractivity contribution in [2.24, 2.45) is 0 Å². The number of amides is 2. The molecule has 2 N–H and O–H groups in total. The number of hydrogen-bond donors (Lipinski definition) is 2. The first kappa shape index (κ1) is 22.1. The number of para-hydroxylation sites is 3. The van der Waals surface area contributed by atoms with Gasteiger partial charge < -0.3 is 10.3 Å². The van der Waals surface area contributed by atoms with E-state index in [1.54, 1.807) is 4.90 Å². The van der Waals surface area contributed by atoms with Crippen LogP contribution in [0.15, 0.2) is 79.0 Å². The molecule has 180 valence electrons. The van der Waals surface area contributed by atoms with E-state index in [1.165, 1.54) is 5.56 Å². The van der Waals surface area contributed by atoms with Crippen LogP contribution < -0.4 is 10.2 Å². The van der Waals surface area contributed by atoms with E-state index in [0.29, 0.717) is 18.9 Å². The van der Waals surface area contributed by atoms with Gasteiger partial charge in [-0.3, -0.25) is 19.1 Å². The van der Waals surface area contributed by atoms with Crippen LogP contribution in [0.1, 0.15) is 30.5 Å². The number of aromatic amines is 1. The minimum absolute atomic E-state index is 0.0469. The maximum atomic E-state index is 13.6. The lowest BCUT2D eigenvalue weighted by Gasteiger charge is -2.16. The lowest BCUT2D eigenvalue weighted by molar-refractivity contribution is -0.124. The number of aryl methyl sites for hydroxylation is 1. The molecule has 1 atom stereocenters. The van der Waals surface area contributed by atoms with Gasteiger partial charge >= 0.3 is 0 Å². The van der Waals surface area contributed by atoms with Crippen molar-refractivity contribution >= 4 is 45.4 Å². The molecule has 0 spiro atoms. The standard InChI is InChI=1S/C29H27N5O2/c1-2-19-11-13-21(14-12-19)31-27(35)17-26-28(36)33(29-32-24-9-5-6-10-25(24)34(26)29)16-15-20-18-30-23-8-4-3-7-22(20)23/h3-14,18,26,30H,2,15-17H2,1H3,(H,31,35)/t26-/m1/s1. The molecule has 36 heavy (non-hydrogen) atoms. The topological polar surface area (TPSA) is 83.0 Å². The number of fused-ring (bicyclic) bond motifs is 4. The average Bonchev–Trinajstić information content (AvgIpc) is 3.56. The molecular formula is C29H27N5O2. The van der Waals surface area contributed by atoms with Gasteiger partial charge in [0.1, 0.15) is 6.04 Å². The second-order valence-corrected chi connectivity index (χ2v) is 9.19. The highest BCUT2D eigenvalue weighted by Gasteiger charge is 2.40. The first-order valence-corrected chi connectivity index (χ1v) is 12.3. The zero-order valence-electron chi connectivity index (χ0n) is 20.1. The minimum atomic E-state index is -0.634. The Bertz CT molecular complexity index is 1580. The van der Waals surface area contributed by atoms with Crippen LogP contribution in [-0.4, -0.2) is 32.9 Å². The smallest absolute Gasteiger partial charge is 0.253 e. The van der Waals surface area contributed by atoms with E-state index in [1.807, 2.05) is 77.5 Å². The molecular weight excluding hydrogens is 450 g/mol. The van der Waals surface area contributed by atoms with Gasteiger partial charge in [-0.2, -0.15) is 0 Å². The predicted molar refractivity (Wildman–Crippen MR) is 142 cm³/mol. The van der Waals surface area contributed by atoms with Gasteiger partial charge in [0.25, 0.3) is 5.91 Å². The number of aromatic nitrogens is 3. The van der Waals surface area contributed by atoms with Gasteiger partial charge in [-0.1, -0.05) is 49.4 Å². The Morgan fingerprint density at radius 3 is 2.64 bits per heavy atom. The van der Waals surface area contributed by atoms with Crippen LogP contribution in [0.2, 0.25) is 0 Å². The third-order valence-electron chi connectivity index (χ3n) is 6.99. The van der Waals surface area contributed by atoms with Crippen LogP contribution in [0.3, 0.4) is 0 Å². The fraction of sp³-hybridized carbons (Fsp3) is 0.207. The van der Waals surface area contributed by atoms with Crippen LogP contribution in [0, 0.1) is 0 Å². The zero-order chi connectivity index (χ0) is 24.6. The number of hydrogen-bond acceptors (Lipinski definition) is 3. The molecule has 0 unspecified atom stereocenters. The van der Waals surface area contributed by atoms with Crippen LogP contribution in [-0.2, 0) is 22.4 Å². The maximum Gasteiger partial charge on any atom is 0.253 e. The van der Waals surface area contributed by atoms with Gasteiger partial charge in [0, 0.05) is 29.3 Å². The molecule has 0 fully saturated rings. The van der Waals surface area contributed by atoms with Gasteiger partial charge in [-0.05, 0) is 54.3 Å². The Labute approximate surface area is 208 Å². The Morgan fingerprint density at radius 1 is 1.03 bits per heavy atom. The fourth-order valence-corrected chi connectivity index (χ4v) is 5.09. The van der Waals surface area contributed by atoms with Crippen LogP contribution >= 0.6 is 0 Å². The molecule has 6 rings (SSSR count). The Kier molecular flexibility index (Phi) is 5.52. The number of benzene rings is 3. The maximum absolute atomic E-state index is 13.6. The second kappa shape index (κ2) is 9.00. The first-order chi connectivity index (χ1) is 17.6. The third kappa shape index (κ3) is 3.82. The van der Waals surface area contributed by atoms with Crippen LogP contribution in [0.5, 0.6) is 0 Å². The lowest BCUT2D eigenvalue weighted by Crippen LogP contribution is -2.33. The summed E-state index contributed by atoms with van der Waals surface area (Å²) in [6.07, 6.45) is 3.67. The summed E-state index contributed by atoms with van der Waals surface area (Å²) in [5.41, 5.74) is 5.85. The summed E-state index contributed by atoms with van der Waals surface area (Å²) in [4.78, 5) is 36.5. The van der Waals surface area contributed by atoms with Gasteiger partial charge in [-0.15, -0.1) is 0 Å². The summed E-state index contributed by atoms with van der Waals surface area (Å²) < 4.78 is 1.92. The summed E-state index contributed by atoms with van der Waals surface area (Å²) in [5, 5.41) is 4.11. The highest BCUT2D eigenvalue weighted by Crippen LogP contribution is 2.37. The highest BCUT2D eigenvalue weighted by molar-refractivity contribution is 6.05. The number of H-pyrrole nitrogens is 1. The monoisotopic (exact) mass is 477 g/mol. The molecule has 1 aliphatic heterocycles. The molecule has 0 aliphatic carbocycles. The summed E-state index contributed by atoms with van der Waals surface area (Å²) >= 11 is 0. The molecule has 2 aromatic heterocycles. The summed E-state index contributed by atoms with van der Waals surface area (Å²) in [5.74, 6) is 0.311. The van der Waals surface area contributed by atoms with Gasteiger partial charge in [0.05, 0.1) is 17.5 Å². The molecule has 0 saturated carbocycles. The molecule has 1 aliphatic rings. The SMILES string of the molecule is CCc1ccc(NC(=O)C[C@@H]2C(=O)N(CCc3c[nH]c4ccccc34)c3nc4ccccc4n32)cc1. The lowest BCUT2D eigenvalue weighted by atomic mass is 10.1. The van der Waals surface area contributed by atoms with Crippen LogP contribution in [0.4, 0.5) is 11.6 Å². The Morgan fingerprint density at radius 2 is 1.81 bits per heavy atom. The van der Waals surface area contributed by atoms with Crippen molar-refractivity contribution in [3.8, 4) is 0 Å². The average molecular weight is 478 g/mol. The van der Waals surface area contributed by atoms with Crippen molar-refractivity contribution < 1.29 is 9.59 Å². The van der Waals surface area contributed by atoms with Crippen molar-refractivity contribution in [2.45, 2.75) is 32.2 Å². The fourth-order valence-electron chi connectivity index (χ4n) is 5.09. The molecule has 3 heterocycles. The largest absolute Gasteiger partial charge is 0.361 e. The van der Waals surface area contributed by atoms with Crippen molar-refractivity contribution in [1.29, 1.82) is 0 Å². The van der Waals surface area contributed by atoms with E-state index in [2.05, 4.69) is 23.3 Å². The number of anilines is 2. The summed E-state index contributed by atoms with van der Waals surface area (Å²) in [6.45, 7) is 2.58. The molecule has 5 aromatic rings. The summed E-state index contributed by atoms with van der Waals surface area (Å²) in [6, 6.07) is 23.1. The van der Waals surface area contributed by atoms with E-state index in [4.69, 9.17) is 4.98 Å². The second-order valence-electron chi connectivity index (χ2n) is 9.19. The summed E-state index contributed by atoms with van der Waals surface area (Å²) in [7, 11) is 0. The molecule has 0 saturated heterocycles. The van der Waals surface area contributed by atoms with Gasteiger partial charge in [0.2, 0.25) is 11.9 Å². The number of imidazole rings is 1. The van der Waals surface area contributed by atoms with Crippen molar-refractivity contribution in [2.75, 3.05) is 16.8 Å². The van der Waals surface area contributed by atoms with Gasteiger partial charge in [0.15, 0.2) is 0 Å². The van der Waals surface area contributed by atoms with E-state index in [0.717, 1.165) is 39.6 Å². The Balaban J connectivity index is 1.27. The quantitative estimate of drug-likeness (QED) is 0.336. The molecule has 0 bridgehead atoms. The van der Waals surface area contributed by atoms with Crippen molar-refractivity contribution in [1.82, 2.24) is 14.5 Å². The van der Waals surface area contributed by atoms with Gasteiger partial charge in [-0.25, -0.2) is 4.98 Å². The van der Waals surface area contributed by atoms with Crippen molar-refractivity contribution in [3.05, 3.63) is 90.1 Å². The normalized spacial score (nSPS) is 15.1. The Hall–Kier alpha value is -4.39. The zero-order valence-corrected chi connectivity index (χ0v) is 20.1. The number of nitrogens with one attached hydrogen (secondary N) is 2. The number of carbonyl (C=O) groups is 2. The molecule has 7 heteroatoms.